The minimum absolute atomic E-state index is 0.107. The highest BCUT2D eigenvalue weighted by Gasteiger charge is 2.32. The van der Waals surface area contributed by atoms with Crippen LogP contribution in [0.2, 0.25) is 0 Å². The second-order valence-corrected chi connectivity index (χ2v) is 8.03. The quantitative estimate of drug-likeness (QED) is 0.734. The summed E-state index contributed by atoms with van der Waals surface area (Å²) < 4.78 is 10.9. The number of piperazine rings is 1. The van der Waals surface area contributed by atoms with E-state index in [9.17, 15) is 4.79 Å². The molecular formula is C24H31N3O3. The second kappa shape index (κ2) is 9.06. The molecule has 1 atom stereocenters. The first-order valence-electron chi connectivity index (χ1n) is 10.7. The predicted molar refractivity (Wildman–Crippen MR) is 118 cm³/mol. The van der Waals surface area contributed by atoms with E-state index in [0.29, 0.717) is 0 Å². The summed E-state index contributed by atoms with van der Waals surface area (Å²) in [5.41, 5.74) is 3.48. The molecule has 1 fully saturated rings. The fourth-order valence-corrected chi connectivity index (χ4v) is 4.50. The molecule has 2 heterocycles. The summed E-state index contributed by atoms with van der Waals surface area (Å²) in [6.07, 6.45) is 0.949. The van der Waals surface area contributed by atoms with Gasteiger partial charge < -0.3 is 14.4 Å². The number of amides is 1. The maximum absolute atomic E-state index is 13.2. The number of carbonyl (C=O) groups excluding carboxylic acids is 1. The highest BCUT2D eigenvalue weighted by molar-refractivity contribution is 5.98. The average Bonchev–Trinajstić information content (AvgIpc) is 3.22. The summed E-state index contributed by atoms with van der Waals surface area (Å²) in [4.78, 5) is 19.9. The lowest BCUT2D eigenvalue weighted by atomic mass is 10.1. The number of rotatable bonds is 6. The fraction of sp³-hybridized carbons (Fsp3) is 0.458. The molecule has 2 aromatic rings. The van der Waals surface area contributed by atoms with E-state index in [-0.39, 0.29) is 11.9 Å². The van der Waals surface area contributed by atoms with Crippen molar-refractivity contribution in [2.24, 2.45) is 0 Å². The van der Waals surface area contributed by atoms with Gasteiger partial charge in [0.2, 0.25) is 5.91 Å². The van der Waals surface area contributed by atoms with Crippen LogP contribution in [-0.2, 0) is 17.8 Å². The van der Waals surface area contributed by atoms with Crippen molar-refractivity contribution in [3.05, 3.63) is 53.6 Å². The first-order valence-corrected chi connectivity index (χ1v) is 10.7. The van der Waals surface area contributed by atoms with Crippen molar-refractivity contribution >= 4 is 11.6 Å². The van der Waals surface area contributed by atoms with Gasteiger partial charge >= 0.3 is 0 Å². The lowest BCUT2D eigenvalue weighted by Gasteiger charge is -2.38. The summed E-state index contributed by atoms with van der Waals surface area (Å²) in [5, 5.41) is 0. The Morgan fingerprint density at radius 1 is 1.00 bits per heavy atom. The molecule has 1 saturated heterocycles. The Hall–Kier alpha value is -2.57. The number of carbonyl (C=O) groups is 1. The van der Waals surface area contributed by atoms with Crippen molar-refractivity contribution < 1.29 is 14.3 Å². The first kappa shape index (κ1) is 20.7. The lowest BCUT2D eigenvalue weighted by Crippen LogP contribution is -2.54. The average molecular weight is 410 g/mol. The third-order valence-corrected chi connectivity index (χ3v) is 6.35. The Kier molecular flexibility index (Phi) is 6.25. The highest BCUT2D eigenvalue weighted by Crippen LogP contribution is 2.29. The third kappa shape index (κ3) is 4.16. The Morgan fingerprint density at radius 2 is 1.77 bits per heavy atom. The molecule has 4 rings (SSSR count). The standard InChI is InChI=1S/C24H31N3O3/c1-18(24(28)27-11-10-19-6-4-5-7-22(19)27)26-14-12-25(13-15-26)17-20-16-21(29-2)8-9-23(20)30-3/h4-9,16,18H,10-15,17H2,1-3H3. The minimum atomic E-state index is -0.107. The van der Waals surface area contributed by atoms with Gasteiger partial charge in [-0.3, -0.25) is 14.6 Å². The van der Waals surface area contributed by atoms with E-state index >= 15 is 0 Å². The molecule has 1 unspecified atom stereocenters. The normalized spacial score (nSPS) is 18.2. The summed E-state index contributed by atoms with van der Waals surface area (Å²) in [5.74, 6) is 1.94. The molecule has 0 spiro atoms. The van der Waals surface area contributed by atoms with E-state index in [0.717, 1.165) is 68.4 Å². The largest absolute Gasteiger partial charge is 0.497 e. The van der Waals surface area contributed by atoms with Gasteiger partial charge in [0.25, 0.3) is 0 Å². The van der Waals surface area contributed by atoms with Crippen LogP contribution in [0, 0.1) is 0 Å². The van der Waals surface area contributed by atoms with Gasteiger partial charge in [-0.2, -0.15) is 0 Å². The van der Waals surface area contributed by atoms with Crippen molar-refractivity contribution in [3.63, 3.8) is 0 Å². The number of para-hydroxylation sites is 1. The molecule has 6 heteroatoms. The SMILES string of the molecule is COc1ccc(OC)c(CN2CCN(C(C)C(=O)N3CCc4ccccc43)CC2)c1. The molecule has 2 aromatic carbocycles. The van der Waals surface area contributed by atoms with Crippen molar-refractivity contribution in [3.8, 4) is 11.5 Å². The van der Waals surface area contributed by atoms with Gasteiger partial charge in [-0.05, 0) is 43.2 Å². The predicted octanol–water partition coefficient (Wildman–Crippen LogP) is 2.80. The van der Waals surface area contributed by atoms with Gasteiger partial charge in [0.1, 0.15) is 11.5 Å². The van der Waals surface area contributed by atoms with Gasteiger partial charge in [0.05, 0.1) is 20.3 Å². The Morgan fingerprint density at radius 3 is 2.50 bits per heavy atom. The highest BCUT2D eigenvalue weighted by atomic mass is 16.5. The number of anilines is 1. The molecular weight excluding hydrogens is 378 g/mol. The van der Waals surface area contributed by atoms with Gasteiger partial charge in [0, 0.05) is 50.5 Å². The summed E-state index contributed by atoms with van der Waals surface area (Å²) >= 11 is 0. The van der Waals surface area contributed by atoms with Crippen molar-refractivity contribution in [2.75, 3.05) is 51.8 Å². The molecule has 160 valence electrons. The first-order chi connectivity index (χ1) is 14.6. The Labute approximate surface area is 179 Å². The number of benzene rings is 2. The molecule has 0 aliphatic carbocycles. The molecule has 0 radical (unpaired) electrons. The van der Waals surface area contributed by atoms with E-state index in [2.05, 4.69) is 21.9 Å². The Bertz CT molecular complexity index is 893. The number of hydrogen-bond donors (Lipinski definition) is 0. The van der Waals surface area contributed by atoms with E-state index in [1.54, 1.807) is 14.2 Å². The van der Waals surface area contributed by atoms with Gasteiger partial charge in [0.15, 0.2) is 0 Å². The molecule has 6 nitrogen and oxygen atoms in total. The van der Waals surface area contributed by atoms with Crippen LogP contribution in [0.4, 0.5) is 5.69 Å². The lowest BCUT2D eigenvalue weighted by molar-refractivity contribution is -0.123. The van der Waals surface area contributed by atoms with Crippen molar-refractivity contribution in [1.82, 2.24) is 9.80 Å². The number of fused-ring (bicyclic) bond motifs is 1. The van der Waals surface area contributed by atoms with Gasteiger partial charge in [-0.15, -0.1) is 0 Å². The third-order valence-electron chi connectivity index (χ3n) is 6.35. The zero-order chi connectivity index (χ0) is 21.1. The molecule has 0 N–H and O–H groups in total. The molecule has 2 aliphatic rings. The maximum atomic E-state index is 13.2. The molecule has 0 bridgehead atoms. The molecule has 0 aromatic heterocycles. The molecule has 0 saturated carbocycles. The summed E-state index contributed by atoms with van der Waals surface area (Å²) in [6, 6.07) is 14.1. The number of ether oxygens (including phenoxy) is 2. The van der Waals surface area contributed by atoms with Gasteiger partial charge in [-0.25, -0.2) is 0 Å². The number of hydrogen-bond acceptors (Lipinski definition) is 5. The smallest absolute Gasteiger partial charge is 0.244 e. The van der Waals surface area contributed by atoms with Crippen LogP contribution in [0.1, 0.15) is 18.1 Å². The molecule has 30 heavy (non-hydrogen) atoms. The van der Waals surface area contributed by atoms with E-state index in [1.165, 1.54) is 5.56 Å². The van der Waals surface area contributed by atoms with E-state index in [4.69, 9.17) is 9.47 Å². The second-order valence-electron chi connectivity index (χ2n) is 8.03. The van der Waals surface area contributed by atoms with Gasteiger partial charge in [-0.1, -0.05) is 18.2 Å². The number of nitrogens with zero attached hydrogens (tertiary/aromatic N) is 3. The van der Waals surface area contributed by atoms with Crippen LogP contribution in [0.5, 0.6) is 11.5 Å². The summed E-state index contributed by atoms with van der Waals surface area (Å²) in [7, 11) is 3.38. The topological polar surface area (TPSA) is 45.3 Å². The zero-order valence-corrected chi connectivity index (χ0v) is 18.1. The minimum Gasteiger partial charge on any atom is -0.497 e. The van der Waals surface area contributed by atoms with Crippen LogP contribution in [0.25, 0.3) is 0 Å². The van der Waals surface area contributed by atoms with Crippen molar-refractivity contribution in [2.45, 2.75) is 25.9 Å². The van der Waals surface area contributed by atoms with Crippen LogP contribution in [0.3, 0.4) is 0 Å². The maximum Gasteiger partial charge on any atom is 0.244 e. The van der Waals surface area contributed by atoms with Crippen LogP contribution < -0.4 is 14.4 Å². The van der Waals surface area contributed by atoms with Crippen molar-refractivity contribution in [1.29, 1.82) is 0 Å². The zero-order valence-electron chi connectivity index (χ0n) is 18.1. The van der Waals surface area contributed by atoms with Crippen LogP contribution >= 0.6 is 0 Å². The monoisotopic (exact) mass is 409 g/mol. The van der Waals surface area contributed by atoms with E-state index in [1.807, 2.05) is 42.2 Å². The molecule has 1 amide bonds. The Balaban J connectivity index is 1.35. The van der Waals surface area contributed by atoms with E-state index < -0.39 is 0 Å². The number of methoxy groups -OCH3 is 2. The fourth-order valence-electron chi connectivity index (χ4n) is 4.50. The van der Waals surface area contributed by atoms with Crippen LogP contribution in [0.15, 0.2) is 42.5 Å². The van der Waals surface area contributed by atoms with Crippen LogP contribution in [-0.4, -0.2) is 68.7 Å². The molecule has 2 aliphatic heterocycles. The summed E-state index contributed by atoms with van der Waals surface area (Å²) in [6.45, 7) is 7.27.